The molecule has 110 valence electrons. The molecule has 0 heterocycles. The van der Waals surface area contributed by atoms with Gasteiger partial charge >= 0.3 is 0 Å². The number of rotatable bonds is 7. The molecule has 0 aliphatic heterocycles. The first-order chi connectivity index (χ1) is 9.41. The van der Waals surface area contributed by atoms with Crippen LogP contribution in [0.25, 0.3) is 0 Å². The molecular formula is C16H23NO3. The minimum atomic E-state index is -0.564. The van der Waals surface area contributed by atoms with Gasteiger partial charge in [-0.2, -0.15) is 0 Å². The van der Waals surface area contributed by atoms with Crippen LogP contribution in [0.15, 0.2) is 30.3 Å². The van der Waals surface area contributed by atoms with E-state index in [2.05, 4.69) is 0 Å². The zero-order valence-electron chi connectivity index (χ0n) is 12.4. The van der Waals surface area contributed by atoms with Crippen molar-refractivity contribution in [3.05, 3.63) is 35.9 Å². The van der Waals surface area contributed by atoms with E-state index in [0.717, 1.165) is 0 Å². The standard InChI is InChI=1S/C16H23NO3/c1-12(2)17(11-13(3)18)16(20)10-9-15(19)14-7-5-4-6-8-14/h4-8,12-13,18H,9-11H2,1-3H3. The normalized spacial score (nSPS) is 12.2. The first kappa shape index (κ1) is 16.4. The van der Waals surface area contributed by atoms with Crippen molar-refractivity contribution in [1.29, 1.82) is 0 Å². The molecule has 1 rings (SSSR count). The Labute approximate surface area is 120 Å². The Hall–Kier alpha value is -1.68. The molecule has 0 saturated carbocycles. The quantitative estimate of drug-likeness (QED) is 0.778. The maximum absolute atomic E-state index is 12.1. The third-order valence-electron chi connectivity index (χ3n) is 3.07. The second kappa shape index (κ2) is 7.80. The van der Waals surface area contributed by atoms with Crippen molar-refractivity contribution in [2.75, 3.05) is 6.54 Å². The maximum atomic E-state index is 12.1. The second-order valence-corrected chi connectivity index (χ2v) is 5.28. The fraction of sp³-hybridized carbons (Fsp3) is 0.500. The monoisotopic (exact) mass is 277 g/mol. The van der Waals surface area contributed by atoms with Crippen LogP contribution in [0.2, 0.25) is 0 Å². The molecule has 0 bridgehead atoms. The summed E-state index contributed by atoms with van der Waals surface area (Å²) in [7, 11) is 0. The van der Waals surface area contributed by atoms with E-state index in [9.17, 15) is 14.7 Å². The molecule has 0 radical (unpaired) electrons. The van der Waals surface area contributed by atoms with Crippen LogP contribution in [0.5, 0.6) is 0 Å². The predicted molar refractivity (Wildman–Crippen MR) is 78.5 cm³/mol. The summed E-state index contributed by atoms with van der Waals surface area (Å²) >= 11 is 0. The molecule has 1 atom stereocenters. The Balaban J connectivity index is 2.55. The molecular weight excluding hydrogens is 254 g/mol. The van der Waals surface area contributed by atoms with Crippen molar-refractivity contribution < 1.29 is 14.7 Å². The Bertz CT molecular complexity index is 440. The lowest BCUT2D eigenvalue weighted by Gasteiger charge is -2.28. The molecule has 1 unspecified atom stereocenters. The van der Waals surface area contributed by atoms with Gasteiger partial charge in [-0.05, 0) is 20.8 Å². The lowest BCUT2D eigenvalue weighted by atomic mass is 10.1. The van der Waals surface area contributed by atoms with E-state index in [1.54, 1.807) is 24.0 Å². The summed E-state index contributed by atoms with van der Waals surface area (Å²) in [5, 5.41) is 9.42. The van der Waals surface area contributed by atoms with E-state index in [1.807, 2.05) is 32.0 Å². The molecule has 4 heteroatoms. The summed E-state index contributed by atoms with van der Waals surface area (Å²) in [5.41, 5.74) is 0.631. The first-order valence-corrected chi connectivity index (χ1v) is 6.97. The average molecular weight is 277 g/mol. The first-order valence-electron chi connectivity index (χ1n) is 6.97. The van der Waals surface area contributed by atoms with Crippen molar-refractivity contribution in [3.8, 4) is 0 Å². The number of amides is 1. The number of nitrogens with zero attached hydrogens (tertiary/aromatic N) is 1. The van der Waals surface area contributed by atoms with Gasteiger partial charge in [0.1, 0.15) is 0 Å². The minimum absolute atomic E-state index is 0.0175. The topological polar surface area (TPSA) is 57.6 Å². The van der Waals surface area contributed by atoms with Crippen molar-refractivity contribution in [2.45, 2.75) is 45.8 Å². The third-order valence-corrected chi connectivity index (χ3v) is 3.07. The van der Waals surface area contributed by atoms with E-state index in [0.29, 0.717) is 12.1 Å². The van der Waals surface area contributed by atoms with Crippen LogP contribution in [-0.4, -0.2) is 40.4 Å². The fourth-order valence-corrected chi connectivity index (χ4v) is 2.02. The van der Waals surface area contributed by atoms with Gasteiger partial charge in [0.15, 0.2) is 5.78 Å². The van der Waals surface area contributed by atoms with Crippen LogP contribution in [0, 0.1) is 0 Å². The molecule has 20 heavy (non-hydrogen) atoms. The van der Waals surface area contributed by atoms with Crippen LogP contribution in [-0.2, 0) is 4.79 Å². The molecule has 0 aliphatic carbocycles. The van der Waals surface area contributed by atoms with Crippen molar-refractivity contribution in [2.24, 2.45) is 0 Å². The lowest BCUT2D eigenvalue weighted by molar-refractivity contribution is -0.134. The van der Waals surface area contributed by atoms with Crippen LogP contribution < -0.4 is 0 Å². The van der Waals surface area contributed by atoms with E-state index in [-0.39, 0.29) is 30.6 Å². The Morgan fingerprint density at radius 2 is 1.70 bits per heavy atom. The summed E-state index contributed by atoms with van der Waals surface area (Å²) < 4.78 is 0. The molecule has 0 fully saturated rings. The van der Waals surface area contributed by atoms with Gasteiger partial charge in [-0.1, -0.05) is 30.3 Å². The summed E-state index contributed by atoms with van der Waals surface area (Å²) in [6.45, 7) is 5.76. The van der Waals surface area contributed by atoms with E-state index in [4.69, 9.17) is 0 Å². The molecule has 1 aromatic carbocycles. The SMILES string of the molecule is CC(O)CN(C(=O)CCC(=O)c1ccccc1)C(C)C. The van der Waals surface area contributed by atoms with E-state index < -0.39 is 6.10 Å². The molecule has 1 aromatic rings. The number of aliphatic hydroxyl groups excluding tert-OH is 1. The smallest absolute Gasteiger partial charge is 0.223 e. The Kier molecular flexibility index (Phi) is 6.39. The van der Waals surface area contributed by atoms with Gasteiger partial charge in [-0.3, -0.25) is 9.59 Å². The Morgan fingerprint density at radius 3 is 2.20 bits per heavy atom. The summed E-state index contributed by atoms with van der Waals surface area (Å²) in [5.74, 6) is -0.120. The van der Waals surface area contributed by atoms with Gasteiger partial charge in [0.25, 0.3) is 0 Å². The highest BCUT2D eigenvalue weighted by Crippen LogP contribution is 2.09. The van der Waals surface area contributed by atoms with Gasteiger partial charge in [0.2, 0.25) is 5.91 Å². The molecule has 0 spiro atoms. The van der Waals surface area contributed by atoms with Gasteiger partial charge in [-0.15, -0.1) is 0 Å². The van der Waals surface area contributed by atoms with Gasteiger partial charge in [0.05, 0.1) is 6.10 Å². The largest absolute Gasteiger partial charge is 0.392 e. The number of hydrogen-bond acceptors (Lipinski definition) is 3. The summed E-state index contributed by atoms with van der Waals surface area (Å²) in [6.07, 6.45) is -0.184. The number of carbonyl (C=O) groups is 2. The molecule has 1 N–H and O–H groups in total. The van der Waals surface area contributed by atoms with Crippen LogP contribution >= 0.6 is 0 Å². The average Bonchev–Trinajstić information content (AvgIpc) is 2.42. The van der Waals surface area contributed by atoms with E-state index in [1.165, 1.54) is 0 Å². The number of Topliss-reactive ketones (excluding diaryl/α,β-unsaturated/α-hetero) is 1. The van der Waals surface area contributed by atoms with Crippen molar-refractivity contribution >= 4 is 11.7 Å². The second-order valence-electron chi connectivity index (χ2n) is 5.28. The predicted octanol–water partition coefficient (Wildman–Crippen LogP) is 2.27. The maximum Gasteiger partial charge on any atom is 0.223 e. The summed E-state index contributed by atoms with van der Waals surface area (Å²) in [6, 6.07) is 8.99. The number of carbonyl (C=O) groups excluding carboxylic acids is 2. The molecule has 0 aliphatic rings. The highest BCUT2D eigenvalue weighted by molar-refractivity contribution is 5.97. The molecule has 0 saturated heterocycles. The third kappa shape index (κ3) is 5.13. The lowest BCUT2D eigenvalue weighted by Crippen LogP contribution is -2.41. The summed E-state index contributed by atoms with van der Waals surface area (Å²) in [4.78, 5) is 25.7. The number of aliphatic hydroxyl groups is 1. The minimum Gasteiger partial charge on any atom is -0.392 e. The highest BCUT2D eigenvalue weighted by atomic mass is 16.3. The van der Waals surface area contributed by atoms with Crippen molar-refractivity contribution in [3.63, 3.8) is 0 Å². The zero-order valence-corrected chi connectivity index (χ0v) is 12.4. The Morgan fingerprint density at radius 1 is 1.10 bits per heavy atom. The van der Waals surface area contributed by atoms with Crippen LogP contribution in [0.1, 0.15) is 44.0 Å². The highest BCUT2D eigenvalue weighted by Gasteiger charge is 2.19. The number of ketones is 1. The number of benzene rings is 1. The zero-order chi connectivity index (χ0) is 15.1. The van der Waals surface area contributed by atoms with Crippen LogP contribution in [0.4, 0.5) is 0 Å². The molecule has 1 amide bonds. The number of hydrogen-bond donors (Lipinski definition) is 1. The van der Waals surface area contributed by atoms with Gasteiger partial charge in [-0.25, -0.2) is 0 Å². The van der Waals surface area contributed by atoms with Crippen LogP contribution in [0.3, 0.4) is 0 Å². The fourth-order valence-electron chi connectivity index (χ4n) is 2.02. The van der Waals surface area contributed by atoms with E-state index >= 15 is 0 Å². The molecule has 0 aromatic heterocycles. The van der Waals surface area contributed by atoms with Crippen molar-refractivity contribution in [1.82, 2.24) is 4.90 Å². The molecule has 4 nitrogen and oxygen atoms in total. The van der Waals surface area contributed by atoms with Gasteiger partial charge in [0, 0.05) is 31.0 Å². The van der Waals surface area contributed by atoms with Gasteiger partial charge < -0.3 is 10.0 Å².